The Morgan fingerprint density at radius 3 is 2.48 bits per heavy atom. The number of hydrogen-bond acceptors (Lipinski definition) is 4. The number of anilines is 2. The maximum atomic E-state index is 11.9. The molecular weight excluding hydrogens is 270 g/mol. The van der Waals surface area contributed by atoms with Crippen molar-refractivity contribution in [3.05, 3.63) is 48.2 Å². The van der Waals surface area contributed by atoms with Crippen molar-refractivity contribution in [2.24, 2.45) is 0 Å². The van der Waals surface area contributed by atoms with Crippen LogP contribution in [0.3, 0.4) is 0 Å². The standard InChI is InChI=1S/C15H15N3O3/c1-10-6-5-9-16-13(10)18-15(20)14(19)17-11-7-3-4-8-12(11)21-2/h3-9H,1-2H3,(H,17,19)(H,16,18,20). The van der Waals surface area contributed by atoms with E-state index in [2.05, 4.69) is 15.6 Å². The molecule has 1 heterocycles. The molecule has 0 spiro atoms. The number of nitrogens with zero attached hydrogens (tertiary/aromatic N) is 1. The molecule has 0 aliphatic rings. The van der Waals surface area contributed by atoms with Gasteiger partial charge in [-0.05, 0) is 30.7 Å². The summed E-state index contributed by atoms with van der Waals surface area (Å²) in [7, 11) is 1.49. The number of nitrogens with one attached hydrogen (secondary N) is 2. The molecule has 1 aromatic heterocycles. The zero-order valence-corrected chi connectivity index (χ0v) is 11.7. The Morgan fingerprint density at radius 1 is 1.05 bits per heavy atom. The number of carbonyl (C=O) groups excluding carboxylic acids is 2. The summed E-state index contributed by atoms with van der Waals surface area (Å²) in [6.45, 7) is 1.79. The summed E-state index contributed by atoms with van der Waals surface area (Å²) >= 11 is 0. The monoisotopic (exact) mass is 285 g/mol. The minimum absolute atomic E-state index is 0.359. The van der Waals surface area contributed by atoms with Crippen molar-refractivity contribution in [1.29, 1.82) is 0 Å². The van der Waals surface area contributed by atoms with Crippen molar-refractivity contribution in [1.82, 2.24) is 4.98 Å². The summed E-state index contributed by atoms with van der Waals surface area (Å²) in [5.74, 6) is -0.738. The van der Waals surface area contributed by atoms with Crippen LogP contribution < -0.4 is 15.4 Å². The van der Waals surface area contributed by atoms with Crippen molar-refractivity contribution in [2.45, 2.75) is 6.92 Å². The van der Waals surface area contributed by atoms with Crippen molar-refractivity contribution in [2.75, 3.05) is 17.7 Å². The molecule has 0 atom stereocenters. The molecule has 1 aromatic carbocycles. The number of hydrogen-bond donors (Lipinski definition) is 2. The van der Waals surface area contributed by atoms with Crippen LogP contribution in [0.5, 0.6) is 5.75 Å². The number of aryl methyl sites for hydroxylation is 1. The zero-order chi connectivity index (χ0) is 15.2. The summed E-state index contributed by atoms with van der Waals surface area (Å²) in [6.07, 6.45) is 1.54. The second kappa shape index (κ2) is 6.51. The number of rotatable bonds is 3. The van der Waals surface area contributed by atoms with E-state index in [1.165, 1.54) is 7.11 Å². The summed E-state index contributed by atoms with van der Waals surface area (Å²) in [5, 5.41) is 4.96. The van der Waals surface area contributed by atoms with E-state index in [1.807, 2.05) is 0 Å². The quantitative estimate of drug-likeness (QED) is 0.845. The molecule has 21 heavy (non-hydrogen) atoms. The third-order valence-corrected chi connectivity index (χ3v) is 2.80. The highest BCUT2D eigenvalue weighted by Gasteiger charge is 2.16. The van der Waals surface area contributed by atoms with Gasteiger partial charge >= 0.3 is 11.8 Å². The second-order valence-electron chi connectivity index (χ2n) is 4.28. The highest BCUT2D eigenvalue weighted by atomic mass is 16.5. The van der Waals surface area contributed by atoms with Gasteiger partial charge in [0.15, 0.2) is 0 Å². The summed E-state index contributed by atoms with van der Waals surface area (Å²) in [6, 6.07) is 10.4. The molecule has 0 bridgehead atoms. The lowest BCUT2D eigenvalue weighted by Crippen LogP contribution is -2.29. The molecule has 2 N–H and O–H groups in total. The number of benzene rings is 1. The van der Waals surface area contributed by atoms with Gasteiger partial charge < -0.3 is 15.4 Å². The Morgan fingerprint density at radius 2 is 1.76 bits per heavy atom. The van der Waals surface area contributed by atoms with E-state index in [1.54, 1.807) is 49.5 Å². The van der Waals surface area contributed by atoms with Gasteiger partial charge in [-0.25, -0.2) is 4.98 Å². The van der Waals surface area contributed by atoms with Crippen LogP contribution in [0.1, 0.15) is 5.56 Å². The van der Waals surface area contributed by atoms with E-state index in [0.29, 0.717) is 17.3 Å². The lowest BCUT2D eigenvalue weighted by atomic mass is 10.3. The number of ether oxygens (including phenoxy) is 1. The molecular formula is C15H15N3O3. The van der Waals surface area contributed by atoms with Gasteiger partial charge in [0.05, 0.1) is 12.8 Å². The Labute approximate surface area is 122 Å². The van der Waals surface area contributed by atoms with E-state index < -0.39 is 11.8 Å². The maximum Gasteiger partial charge on any atom is 0.315 e. The number of aromatic nitrogens is 1. The Bertz CT molecular complexity index is 671. The predicted octanol–water partition coefficient (Wildman–Crippen LogP) is 1.98. The van der Waals surface area contributed by atoms with E-state index in [4.69, 9.17) is 4.74 Å². The summed E-state index contributed by atoms with van der Waals surface area (Å²) in [5.41, 5.74) is 1.20. The fourth-order valence-electron chi connectivity index (χ4n) is 1.71. The SMILES string of the molecule is COc1ccccc1NC(=O)C(=O)Nc1ncccc1C. The van der Waals surface area contributed by atoms with Crippen molar-refractivity contribution < 1.29 is 14.3 Å². The minimum Gasteiger partial charge on any atom is -0.495 e. The van der Waals surface area contributed by atoms with Gasteiger partial charge in [-0.1, -0.05) is 18.2 Å². The Hall–Kier alpha value is -2.89. The third-order valence-electron chi connectivity index (χ3n) is 2.80. The van der Waals surface area contributed by atoms with Crippen LogP contribution in [-0.4, -0.2) is 23.9 Å². The van der Waals surface area contributed by atoms with Gasteiger partial charge in [0, 0.05) is 6.20 Å². The molecule has 2 rings (SSSR count). The molecule has 0 unspecified atom stereocenters. The zero-order valence-electron chi connectivity index (χ0n) is 11.7. The topological polar surface area (TPSA) is 80.3 Å². The van der Waals surface area contributed by atoms with Crippen molar-refractivity contribution >= 4 is 23.3 Å². The largest absolute Gasteiger partial charge is 0.495 e. The van der Waals surface area contributed by atoms with Gasteiger partial charge in [-0.3, -0.25) is 9.59 Å². The van der Waals surface area contributed by atoms with Crippen molar-refractivity contribution in [3.63, 3.8) is 0 Å². The molecule has 0 radical (unpaired) electrons. The fourth-order valence-corrected chi connectivity index (χ4v) is 1.71. The first-order valence-electron chi connectivity index (χ1n) is 6.29. The molecule has 0 saturated heterocycles. The predicted molar refractivity (Wildman–Crippen MR) is 79.2 cm³/mol. The van der Waals surface area contributed by atoms with Crippen LogP contribution in [0.25, 0.3) is 0 Å². The third kappa shape index (κ3) is 3.56. The maximum absolute atomic E-state index is 11.9. The van der Waals surface area contributed by atoms with E-state index in [-0.39, 0.29) is 0 Å². The van der Waals surface area contributed by atoms with E-state index >= 15 is 0 Å². The first-order chi connectivity index (χ1) is 10.1. The molecule has 0 saturated carbocycles. The van der Waals surface area contributed by atoms with Crippen molar-refractivity contribution in [3.8, 4) is 5.75 Å². The average Bonchev–Trinajstić information content (AvgIpc) is 2.50. The average molecular weight is 285 g/mol. The Balaban J connectivity index is 2.07. The van der Waals surface area contributed by atoms with Crippen LogP contribution >= 0.6 is 0 Å². The van der Waals surface area contributed by atoms with Gasteiger partial charge in [0.1, 0.15) is 11.6 Å². The summed E-state index contributed by atoms with van der Waals surface area (Å²) < 4.78 is 5.10. The fraction of sp³-hybridized carbons (Fsp3) is 0.133. The molecule has 0 fully saturated rings. The number of pyridine rings is 1. The molecule has 108 valence electrons. The van der Waals surface area contributed by atoms with Gasteiger partial charge in [-0.2, -0.15) is 0 Å². The summed E-state index contributed by atoms with van der Waals surface area (Å²) in [4.78, 5) is 27.8. The lowest BCUT2D eigenvalue weighted by molar-refractivity contribution is -0.133. The van der Waals surface area contributed by atoms with Crippen LogP contribution in [0.4, 0.5) is 11.5 Å². The molecule has 6 nitrogen and oxygen atoms in total. The highest BCUT2D eigenvalue weighted by molar-refractivity contribution is 6.43. The lowest BCUT2D eigenvalue weighted by Gasteiger charge is -2.10. The molecule has 6 heteroatoms. The number of para-hydroxylation sites is 2. The highest BCUT2D eigenvalue weighted by Crippen LogP contribution is 2.22. The molecule has 2 aromatic rings. The van der Waals surface area contributed by atoms with Crippen LogP contribution in [0.2, 0.25) is 0 Å². The first-order valence-corrected chi connectivity index (χ1v) is 6.29. The molecule has 0 aliphatic heterocycles. The first kappa shape index (κ1) is 14.5. The normalized spacial score (nSPS) is 9.81. The molecule has 0 aliphatic carbocycles. The minimum atomic E-state index is -0.789. The van der Waals surface area contributed by atoms with Gasteiger partial charge in [0.25, 0.3) is 0 Å². The van der Waals surface area contributed by atoms with Crippen LogP contribution in [0, 0.1) is 6.92 Å². The van der Waals surface area contributed by atoms with E-state index in [0.717, 1.165) is 5.56 Å². The Kier molecular flexibility index (Phi) is 4.50. The number of methoxy groups -OCH3 is 1. The number of carbonyl (C=O) groups is 2. The van der Waals surface area contributed by atoms with Gasteiger partial charge in [-0.15, -0.1) is 0 Å². The van der Waals surface area contributed by atoms with Crippen LogP contribution in [-0.2, 0) is 9.59 Å². The molecule has 2 amide bonds. The number of amides is 2. The second-order valence-corrected chi connectivity index (χ2v) is 4.28. The smallest absolute Gasteiger partial charge is 0.315 e. The van der Waals surface area contributed by atoms with Gasteiger partial charge in [0.2, 0.25) is 0 Å². The van der Waals surface area contributed by atoms with E-state index in [9.17, 15) is 9.59 Å². The van der Waals surface area contributed by atoms with Crippen LogP contribution in [0.15, 0.2) is 42.6 Å².